The van der Waals surface area contributed by atoms with Gasteiger partial charge < -0.3 is 15.4 Å². The fourth-order valence-corrected chi connectivity index (χ4v) is 6.38. The molecule has 5 nitrogen and oxygen atoms in total. The molecule has 1 aromatic rings. The smallest absolute Gasteiger partial charge is 0.222 e. The number of hydrogen-bond acceptors (Lipinski definition) is 3. The minimum absolute atomic E-state index is 0.0188. The molecular formula is C23H32N2O3. The van der Waals surface area contributed by atoms with Gasteiger partial charge in [-0.25, -0.2) is 0 Å². The highest BCUT2D eigenvalue weighted by Crippen LogP contribution is 2.59. The van der Waals surface area contributed by atoms with E-state index in [-0.39, 0.29) is 24.3 Å². The molecule has 4 bridgehead atoms. The summed E-state index contributed by atoms with van der Waals surface area (Å²) in [6.07, 6.45) is 8.35. The van der Waals surface area contributed by atoms with Crippen LogP contribution in [0.25, 0.3) is 0 Å². The average molecular weight is 385 g/mol. The van der Waals surface area contributed by atoms with Gasteiger partial charge in [0, 0.05) is 13.5 Å². The molecule has 0 heterocycles. The van der Waals surface area contributed by atoms with E-state index < -0.39 is 0 Å². The minimum atomic E-state index is -0.320. The standard InChI is InChI=1S/C23H32N2O3/c1-15(26)25-21(19-3-5-20(28-2)6-4-19)10-22(27)24-14-23-11-16-7-17(12-23)9-18(8-16)13-23/h3-6,16-18,21H,7-14H2,1-2H3,(H,24,27)(H,25,26). The highest BCUT2D eigenvalue weighted by Gasteiger charge is 2.50. The number of methoxy groups -OCH3 is 1. The summed E-state index contributed by atoms with van der Waals surface area (Å²) in [4.78, 5) is 24.4. The lowest BCUT2D eigenvalue weighted by atomic mass is 9.49. The summed E-state index contributed by atoms with van der Waals surface area (Å²) in [5.41, 5.74) is 1.24. The summed E-state index contributed by atoms with van der Waals surface area (Å²) in [5.74, 6) is 3.30. The van der Waals surface area contributed by atoms with Crippen molar-refractivity contribution in [1.29, 1.82) is 0 Å². The molecule has 4 fully saturated rings. The molecule has 2 amide bonds. The molecule has 1 unspecified atom stereocenters. The van der Waals surface area contributed by atoms with Crippen LogP contribution >= 0.6 is 0 Å². The van der Waals surface area contributed by atoms with Gasteiger partial charge in [-0.2, -0.15) is 0 Å². The van der Waals surface area contributed by atoms with Crippen LogP contribution in [0.2, 0.25) is 0 Å². The summed E-state index contributed by atoms with van der Waals surface area (Å²) < 4.78 is 5.20. The highest BCUT2D eigenvalue weighted by atomic mass is 16.5. The van der Waals surface area contributed by atoms with E-state index in [4.69, 9.17) is 4.74 Å². The van der Waals surface area contributed by atoms with Crippen molar-refractivity contribution in [2.45, 2.75) is 57.9 Å². The van der Waals surface area contributed by atoms with Gasteiger partial charge in [-0.3, -0.25) is 9.59 Å². The van der Waals surface area contributed by atoms with Crippen LogP contribution < -0.4 is 15.4 Å². The van der Waals surface area contributed by atoms with Crippen LogP contribution in [0.1, 0.15) is 63.5 Å². The van der Waals surface area contributed by atoms with Crippen molar-refractivity contribution in [3.8, 4) is 5.75 Å². The van der Waals surface area contributed by atoms with Gasteiger partial charge in [0.05, 0.1) is 19.6 Å². The first-order chi connectivity index (χ1) is 13.4. The Morgan fingerprint density at radius 3 is 2.14 bits per heavy atom. The van der Waals surface area contributed by atoms with E-state index in [1.807, 2.05) is 24.3 Å². The van der Waals surface area contributed by atoms with Crippen molar-refractivity contribution in [2.75, 3.05) is 13.7 Å². The zero-order chi connectivity index (χ0) is 19.7. The zero-order valence-corrected chi connectivity index (χ0v) is 17.0. The molecule has 4 aliphatic rings. The Morgan fingerprint density at radius 1 is 1.07 bits per heavy atom. The van der Waals surface area contributed by atoms with Crippen molar-refractivity contribution in [3.63, 3.8) is 0 Å². The van der Waals surface area contributed by atoms with E-state index >= 15 is 0 Å². The summed E-state index contributed by atoms with van der Waals surface area (Å²) >= 11 is 0. The van der Waals surface area contributed by atoms with E-state index in [2.05, 4.69) is 10.6 Å². The van der Waals surface area contributed by atoms with Crippen molar-refractivity contribution >= 4 is 11.8 Å². The summed E-state index contributed by atoms with van der Waals surface area (Å²) in [7, 11) is 1.62. The lowest BCUT2D eigenvalue weighted by Crippen LogP contribution is -2.51. The van der Waals surface area contributed by atoms with Crippen molar-refractivity contribution < 1.29 is 14.3 Å². The Hall–Kier alpha value is -2.04. The first-order valence-corrected chi connectivity index (χ1v) is 10.6. The van der Waals surface area contributed by atoms with Crippen LogP contribution in [-0.2, 0) is 9.59 Å². The molecule has 4 aliphatic carbocycles. The minimum Gasteiger partial charge on any atom is -0.497 e. The zero-order valence-electron chi connectivity index (χ0n) is 17.0. The largest absolute Gasteiger partial charge is 0.497 e. The summed E-state index contributed by atoms with van der Waals surface area (Å²) in [5, 5.41) is 6.14. The normalized spacial score (nSPS) is 31.3. The Balaban J connectivity index is 1.37. The predicted octanol–water partition coefficient (Wildman–Crippen LogP) is 3.60. The summed E-state index contributed by atoms with van der Waals surface area (Å²) in [6.45, 7) is 2.29. The second-order valence-corrected chi connectivity index (χ2v) is 9.42. The summed E-state index contributed by atoms with van der Waals surface area (Å²) in [6, 6.07) is 7.21. The number of ether oxygens (including phenoxy) is 1. The maximum atomic E-state index is 12.7. The molecule has 0 saturated heterocycles. The molecule has 4 saturated carbocycles. The van der Waals surface area contributed by atoms with Crippen LogP contribution in [0.3, 0.4) is 0 Å². The van der Waals surface area contributed by atoms with Crippen LogP contribution in [0.15, 0.2) is 24.3 Å². The molecular weight excluding hydrogens is 352 g/mol. The molecule has 0 radical (unpaired) electrons. The Labute approximate surface area is 167 Å². The molecule has 0 aromatic heterocycles. The van der Waals surface area contributed by atoms with E-state index in [0.29, 0.717) is 5.41 Å². The molecule has 1 aromatic carbocycles. The van der Waals surface area contributed by atoms with Crippen LogP contribution in [-0.4, -0.2) is 25.5 Å². The van der Waals surface area contributed by atoms with Gasteiger partial charge in [-0.15, -0.1) is 0 Å². The molecule has 5 heteroatoms. The van der Waals surface area contributed by atoms with E-state index in [9.17, 15) is 9.59 Å². The second-order valence-electron chi connectivity index (χ2n) is 9.42. The molecule has 5 rings (SSSR count). The first-order valence-electron chi connectivity index (χ1n) is 10.6. The van der Waals surface area contributed by atoms with E-state index in [0.717, 1.165) is 35.6 Å². The molecule has 152 valence electrons. The number of carbonyl (C=O) groups is 2. The van der Waals surface area contributed by atoms with Gasteiger partial charge in [0.15, 0.2) is 0 Å². The maximum absolute atomic E-state index is 12.7. The number of carbonyl (C=O) groups excluding carboxylic acids is 2. The molecule has 2 N–H and O–H groups in total. The number of nitrogens with one attached hydrogen (secondary N) is 2. The lowest BCUT2D eigenvalue weighted by molar-refractivity contribution is -0.124. The topological polar surface area (TPSA) is 67.4 Å². The van der Waals surface area contributed by atoms with Gasteiger partial charge in [0.1, 0.15) is 5.75 Å². The van der Waals surface area contributed by atoms with E-state index in [1.54, 1.807) is 7.11 Å². The maximum Gasteiger partial charge on any atom is 0.222 e. The van der Waals surface area contributed by atoms with Crippen molar-refractivity contribution in [2.24, 2.45) is 23.2 Å². The van der Waals surface area contributed by atoms with Gasteiger partial charge in [0.25, 0.3) is 0 Å². The third-order valence-corrected chi connectivity index (χ3v) is 7.11. The number of benzene rings is 1. The third kappa shape index (κ3) is 4.18. The number of hydrogen-bond donors (Lipinski definition) is 2. The van der Waals surface area contributed by atoms with Crippen LogP contribution in [0.4, 0.5) is 0 Å². The Kier molecular flexibility index (Phi) is 5.35. The van der Waals surface area contributed by atoms with Gasteiger partial charge in [-0.1, -0.05) is 12.1 Å². The fraction of sp³-hybridized carbons (Fsp3) is 0.652. The second kappa shape index (κ2) is 7.76. The Morgan fingerprint density at radius 2 is 1.64 bits per heavy atom. The molecule has 1 atom stereocenters. The molecule has 0 aliphatic heterocycles. The third-order valence-electron chi connectivity index (χ3n) is 7.11. The predicted molar refractivity (Wildman–Crippen MR) is 108 cm³/mol. The molecule has 28 heavy (non-hydrogen) atoms. The van der Waals surface area contributed by atoms with Gasteiger partial charge in [0.2, 0.25) is 11.8 Å². The highest BCUT2D eigenvalue weighted by molar-refractivity contribution is 5.79. The lowest BCUT2D eigenvalue weighted by Gasteiger charge is -2.56. The van der Waals surface area contributed by atoms with Crippen LogP contribution in [0, 0.1) is 23.2 Å². The van der Waals surface area contributed by atoms with Gasteiger partial charge in [-0.05, 0) is 79.4 Å². The fourth-order valence-electron chi connectivity index (χ4n) is 6.38. The van der Waals surface area contributed by atoms with Crippen LogP contribution in [0.5, 0.6) is 5.75 Å². The van der Waals surface area contributed by atoms with Gasteiger partial charge >= 0.3 is 0 Å². The number of amides is 2. The average Bonchev–Trinajstić information content (AvgIpc) is 2.65. The van der Waals surface area contributed by atoms with E-state index in [1.165, 1.54) is 45.4 Å². The molecule has 0 spiro atoms. The first kappa shape index (κ1) is 19.3. The number of rotatable bonds is 7. The van der Waals surface area contributed by atoms with Crippen molar-refractivity contribution in [1.82, 2.24) is 10.6 Å². The quantitative estimate of drug-likeness (QED) is 0.755. The Bertz CT molecular complexity index is 693. The monoisotopic (exact) mass is 384 g/mol. The SMILES string of the molecule is COc1ccc(C(CC(=O)NCC23CC4CC(CC(C4)C2)C3)NC(C)=O)cc1. The van der Waals surface area contributed by atoms with Crippen molar-refractivity contribution in [3.05, 3.63) is 29.8 Å².